The SMILES string of the molecule is O=C(N/N=C1/CC[C@H]2CCCC[C@H]2C1)c1cccc(O)c1. The maximum absolute atomic E-state index is 12.0. The van der Waals surface area contributed by atoms with Gasteiger partial charge in [-0.1, -0.05) is 25.3 Å². The predicted octanol–water partition coefficient (Wildman–Crippen LogP) is 3.47. The molecule has 0 radical (unpaired) electrons. The number of carbonyl (C=O) groups is 1. The molecule has 0 heterocycles. The summed E-state index contributed by atoms with van der Waals surface area (Å²) >= 11 is 0. The summed E-state index contributed by atoms with van der Waals surface area (Å²) in [5.74, 6) is 1.48. The van der Waals surface area contributed by atoms with Gasteiger partial charge in [0.25, 0.3) is 5.91 Å². The van der Waals surface area contributed by atoms with Gasteiger partial charge in [0.2, 0.25) is 0 Å². The molecule has 2 aliphatic rings. The van der Waals surface area contributed by atoms with Crippen LogP contribution in [-0.2, 0) is 0 Å². The van der Waals surface area contributed by atoms with Crippen molar-refractivity contribution in [2.45, 2.75) is 44.9 Å². The van der Waals surface area contributed by atoms with Crippen molar-refractivity contribution in [2.24, 2.45) is 16.9 Å². The van der Waals surface area contributed by atoms with Crippen LogP contribution in [0.4, 0.5) is 0 Å². The van der Waals surface area contributed by atoms with Gasteiger partial charge in [-0.05, 0) is 55.7 Å². The number of carbonyl (C=O) groups excluding carboxylic acids is 1. The number of benzene rings is 1. The molecule has 2 aliphatic carbocycles. The van der Waals surface area contributed by atoms with E-state index in [0.717, 1.165) is 30.4 Å². The highest BCUT2D eigenvalue weighted by Gasteiger charge is 2.30. The second kappa shape index (κ2) is 6.29. The minimum absolute atomic E-state index is 0.0954. The summed E-state index contributed by atoms with van der Waals surface area (Å²) < 4.78 is 0. The number of hydrogen-bond donors (Lipinski definition) is 2. The first-order chi connectivity index (χ1) is 10.2. The minimum Gasteiger partial charge on any atom is -0.508 e. The lowest BCUT2D eigenvalue weighted by Gasteiger charge is -2.35. The van der Waals surface area contributed by atoms with Crippen LogP contribution in [0.1, 0.15) is 55.3 Å². The summed E-state index contributed by atoms with van der Waals surface area (Å²) in [5, 5.41) is 13.7. The zero-order valence-electron chi connectivity index (χ0n) is 12.2. The molecule has 1 amide bonds. The molecule has 0 bridgehead atoms. The fourth-order valence-corrected chi connectivity index (χ4v) is 3.63. The molecule has 3 rings (SSSR count). The van der Waals surface area contributed by atoms with Gasteiger partial charge in [-0.2, -0.15) is 5.10 Å². The topological polar surface area (TPSA) is 61.7 Å². The smallest absolute Gasteiger partial charge is 0.271 e. The fourth-order valence-electron chi connectivity index (χ4n) is 3.63. The average molecular weight is 286 g/mol. The van der Waals surface area contributed by atoms with Gasteiger partial charge >= 0.3 is 0 Å². The zero-order valence-corrected chi connectivity index (χ0v) is 12.2. The van der Waals surface area contributed by atoms with Gasteiger partial charge in [0, 0.05) is 11.3 Å². The van der Waals surface area contributed by atoms with Crippen LogP contribution in [0.3, 0.4) is 0 Å². The van der Waals surface area contributed by atoms with Gasteiger partial charge in [-0.15, -0.1) is 0 Å². The van der Waals surface area contributed by atoms with Crippen molar-refractivity contribution in [1.82, 2.24) is 5.43 Å². The lowest BCUT2D eigenvalue weighted by atomic mass is 9.70. The third kappa shape index (κ3) is 3.43. The van der Waals surface area contributed by atoms with Gasteiger partial charge in [-0.25, -0.2) is 5.43 Å². The summed E-state index contributed by atoms with van der Waals surface area (Å²) in [6.45, 7) is 0. The Hall–Kier alpha value is -1.84. The van der Waals surface area contributed by atoms with Crippen molar-refractivity contribution in [3.63, 3.8) is 0 Å². The molecule has 1 aromatic rings. The average Bonchev–Trinajstić information content (AvgIpc) is 2.52. The van der Waals surface area contributed by atoms with Crippen LogP contribution in [0.15, 0.2) is 29.4 Å². The van der Waals surface area contributed by atoms with Crippen molar-refractivity contribution in [3.05, 3.63) is 29.8 Å². The number of nitrogens with zero attached hydrogens (tertiary/aromatic N) is 1. The second-order valence-corrected chi connectivity index (χ2v) is 6.22. The monoisotopic (exact) mass is 286 g/mol. The lowest BCUT2D eigenvalue weighted by Crippen LogP contribution is -2.29. The van der Waals surface area contributed by atoms with E-state index in [4.69, 9.17) is 0 Å². The number of aromatic hydroxyl groups is 1. The standard InChI is InChI=1S/C17H22N2O2/c20-16-7-3-6-14(11-16)17(21)19-18-15-9-8-12-4-1-2-5-13(12)10-15/h3,6-7,11-13,20H,1-2,4-5,8-10H2,(H,19,21)/b18-15-/t12-,13+/m1/s1. The van der Waals surface area contributed by atoms with E-state index in [9.17, 15) is 9.90 Å². The van der Waals surface area contributed by atoms with E-state index >= 15 is 0 Å². The van der Waals surface area contributed by atoms with E-state index in [1.807, 2.05) is 0 Å². The molecule has 0 spiro atoms. The Labute approximate surface area is 125 Å². The van der Waals surface area contributed by atoms with Gasteiger partial charge in [0.1, 0.15) is 5.75 Å². The van der Waals surface area contributed by atoms with E-state index < -0.39 is 0 Å². The van der Waals surface area contributed by atoms with E-state index in [1.54, 1.807) is 18.2 Å². The molecule has 0 aliphatic heterocycles. The number of nitrogens with one attached hydrogen (secondary N) is 1. The van der Waals surface area contributed by atoms with E-state index in [2.05, 4.69) is 10.5 Å². The van der Waals surface area contributed by atoms with Crippen molar-refractivity contribution < 1.29 is 9.90 Å². The zero-order chi connectivity index (χ0) is 14.7. The number of hydrogen-bond acceptors (Lipinski definition) is 3. The van der Waals surface area contributed by atoms with Crippen molar-refractivity contribution in [3.8, 4) is 5.75 Å². The third-order valence-electron chi connectivity index (χ3n) is 4.79. The molecule has 2 saturated carbocycles. The molecule has 0 aromatic heterocycles. The van der Waals surface area contributed by atoms with Crippen LogP contribution in [0, 0.1) is 11.8 Å². The van der Waals surface area contributed by atoms with Crippen molar-refractivity contribution in [1.29, 1.82) is 0 Å². The number of amides is 1. The van der Waals surface area contributed by atoms with E-state index in [-0.39, 0.29) is 11.7 Å². The van der Waals surface area contributed by atoms with Crippen LogP contribution in [0.2, 0.25) is 0 Å². The van der Waals surface area contributed by atoms with Gasteiger partial charge in [0.05, 0.1) is 0 Å². The summed E-state index contributed by atoms with van der Waals surface area (Å²) in [5.41, 5.74) is 4.18. The van der Waals surface area contributed by atoms with Crippen LogP contribution in [0.5, 0.6) is 5.75 Å². The normalized spacial score (nSPS) is 27.1. The maximum Gasteiger partial charge on any atom is 0.271 e. The Morgan fingerprint density at radius 3 is 2.81 bits per heavy atom. The van der Waals surface area contributed by atoms with Gasteiger partial charge in [-0.3, -0.25) is 4.79 Å². The largest absolute Gasteiger partial charge is 0.508 e. The minimum atomic E-state index is -0.260. The molecule has 2 N–H and O–H groups in total. The maximum atomic E-state index is 12.0. The molecule has 21 heavy (non-hydrogen) atoms. The van der Waals surface area contributed by atoms with Crippen molar-refractivity contribution >= 4 is 11.6 Å². The number of rotatable bonds is 2. The second-order valence-electron chi connectivity index (χ2n) is 6.22. The molecule has 0 unspecified atom stereocenters. The van der Waals surface area contributed by atoms with Crippen molar-refractivity contribution in [2.75, 3.05) is 0 Å². The number of phenols is 1. The summed E-state index contributed by atoms with van der Waals surface area (Å²) in [4.78, 5) is 12.0. The first-order valence-electron chi connectivity index (χ1n) is 7.87. The number of hydrazone groups is 1. The summed E-state index contributed by atoms with van der Waals surface area (Å²) in [6.07, 6.45) is 8.64. The molecule has 2 atom stereocenters. The highest BCUT2D eigenvalue weighted by Crippen LogP contribution is 2.39. The van der Waals surface area contributed by atoms with Crippen LogP contribution in [-0.4, -0.2) is 16.7 Å². The third-order valence-corrected chi connectivity index (χ3v) is 4.79. The Morgan fingerprint density at radius 2 is 2.00 bits per heavy atom. The highest BCUT2D eigenvalue weighted by molar-refractivity contribution is 5.95. The molecular formula is C17H22N2O2. The fraction of sp³-hybridized carbons (Fsp3) is 0.529. The number of phenolic OH excluding ortho intramolecular Hbond substituents is 1. The molecule has 4 heteroatoms. The molecular weight excluding hydrogens is 264 g/mol. The first kappa shape index (κ1) is 14.1. The quantitative estimate of drug-likeness (QED) is 0.818. The predicted molar refractivity (Wildman–Crippen MR) is 82.3 cm³/mol. The summed E-state index contributed by atoms with van der Waals surface area (Å²) in [6, 6.07) is 6.33. The van der Waals surface area contributed by atoms with Crippen LogP contribution >= 0.6 is 0 Å². The highest BCUT2D eigenvalue weighted by atomic mass is 16.3. The Bertz CT molecular complexity index is 553. The van der Waals surface area contributed by atoms with E-state index in [0.29, 0.717) is 5.56 Å². The molecule has 0 saturated heterocycles. The van der Waals surface area contributed by atoms with Gasteiger partial charge in [0.15, 0.2) is 0 Å². The molecule has 1 aromatic carbocycles. The molecule has 112 valence electrons. The number of fused-ring (bicyclic) bond motifs is 1. The lowest BCUT2D eigenvalue weighted by molar-refractivity contribution is 0.0953. The molecule has 4 nitrogen and oxygen atoms in total. The Kier molecular flexibility index (Phi) is 4.23. The van der Waals surface area contributed by atoms with E-state index in [1.165, 1.54) is 38.2 Å². The van der Waals surface area contributed by atoms with Crippen LogP contribution < -0.4 is 5.43 Å². The Balaban J connectivity index is 1.60. The molecule has 2 fully saturated rings. The summed E-state index contributed by atoms with van der Waals surface area (Å²) in [7, 11) is 0. The van der Waals surface area contributed by atoms with Crippen LogP contribution in [0.25, 0.3) is 0 Å². The Morgan fingerprint density at radius 1 is 1.19 bits per heavy atom. The first-order valence-corrected chi connectivity index (χ1v) is 7.87. The van der Waals surface area contributed by atoms with Gasteiger partial charge < -0.3 is 5.11 Å².